The van der Waals surface area contributed by atoms with Gasteiger partial charge in [-0.1, -0.05) is 41.5 Å². The van der Waals surface area contributed by atoms with E-state index in [9.17, 15) is 15.0 Å². The number of ether oxygens (including phenoxy) is 1. The van der Waals surface area contributed by atoms with E-state index in [0.29, 0.717) is 0 Å². The number of carbonyl (C=O) groups excluding carboxylic acids is 1. The molecular formula is C23H49NO6Si2. The molecule has 1 fully saturated rings. The van der Waals surface area contributed by atoms with Crippen molar-refractivity contribution < 1.29 is 28.6 Å². The molecule has 1 amide bonds. The van der Waals surface area contributed by atoms with Gasteiger partial charge in [0.1, 0.15) is 5.60 Å². The van der Waals surface area contributed by atoms with E-state index in [4.69, 9.17) is 13.6 Å². The molecular weight excluding hydrogens is 442 g/mol. The summed E-state index contributed by atoms with van der Waals surface area (Å²) >= 11 is 0. The van der Waals surface area contributed by atoms with Crippen molar-refractivity contribution in [3.05, 3.63) is 0 Å². The highest BCUT2D eigenvalue weighted by Gasteiger charge is 2.60. The van der Waals surface area contributed by atoms with Crippen LogP contribution in [0.2, 0.25) is 36.3 Å². The molecule has 1 saturated carbocycles. The maximum absolute atomic E-state index is 12.6. The van der Waals surface area contributed by atoms with Crippen molar-refractivity contribution in [2.24, 2.45) is 5.92 Å². The van der Waals surface area contributed by atoms with Gasteiger partial charge in [-0.05, 0) is 57.0 Å². The minimum Gasteiger partial charge on any atom is -0.444 e. The van der Waals surface area contributed by atoms with E-state index in [1.807, 2.05) is 0 Å². The van der Waals surface area contributed by atoms with Crippen LogP contribution in [0.25, 0.3) is 0 Å². The molecule has 1 rings (SSSR count). The molecule has 0 heterocycles. The fourth-order valence-electron chi connectivity index (χ4n) is 3.22. The van der Waals surface area contributed by atoms with E-state index in [0.717, 1.165) is 0 Å². The van der Waals surface area contributed by atoms with Gasteiger partial charge in [-0.15, -0.1) is 0 Å². The lowest BCUT2D eigenvalue weighted by atomic mass is 9.70. The molecule has 0 bridgehead atoms. The standard InChI is InChI=1S/C23H49NO6Si2/c1-21(2,3)28-20(27)24-17-16(15(26)14-25)18(29-31(10,11)22(4,5)6)19(17)30-32(12,13)23(7,8)9/h15-19,25-26H,14H2,1-13H3,(H,24,27)/t15-,16+,17-,18+,19+/m1/s1. The molecule has 1 aliphatic rings. The monoisotopic (exact) mass is 491 g/mol. The third-order valence-corrected chi connectivity index (χ3v) is 16.2. The fourth-order valence-corrected chi connectivity index (χ4v) is 5.86. The minimum atomic E-state index is -2.22. The van der Waals surface area contributed by atoms with Crippen LogP contribution in [0, 0.1) is 5.92 Å². The van der Waals surface area contributed by atoms with Gasteiger partial charge in [-0.3, -0.25) is 0 Å². The van der Waals surface area contributed by atoms with Crippen LogP contribution in [0.1, 0.15) is 62.3 Å². The number of alkyl carbamates (subject to hydrolysis) is 1. The number of aliphatic hydroxyl groups excluding tert-OH is 2. The summed E-state index contributed by atoms with van der Waals surface area (Å²) in [6.45, 7) is 26.6. The predicted octanol–water partition coefficient (Wildman–Crippen LogP) is 4.64. The Labute approximate surface area is 197 Å². The minimum absolute atomic E-state index is 0.0348. The average Bonchev–Trinajstić information content (AvgIpc) is 2.54. The van der Waals surface area contributed by atoms with Gasteiger partial charge in [0.25, 0.3) is 0 Å². The van der Waals surface area contributed by atoms with Gasteiger partial charge >= 0.3 is 6.09 Å². The van der Waals surface area contributed by atoms with Crippen LogP contribution in [0.4, 0.5) is 4.79 Å². The molecule has 7 nitrogen and oxygen atoms in total. The lowest BCUT2D eigenvalue weighted by molar-refractivity contribution is -0.158. The summed E-state index contributed by atoms with van der Waals surface area (Å²) in [6.07, 6.45) is -2.45. The molecule has 190 valence electrons. The summed E-state index contributed by atoms with van der Waals surface area (Å²) in [5, 5.41) is 23.3. The molecule has 1 aliphatic carbocycles. The molecule has 0 radical (unpaired) electrons. The Morgan fingerprint density at radius 1 is 0.875 bits per heavy atom. The number of hydrogen-bond acceptors (Lipinski definition) is 6. The number of hydrogen-bond donors (Lipinski definition) is 3. The van der Waals surface area contributed by atoms with Crippen molar-refractivity contribution in [2.75, 3.05) is 6.61 Å². The Morgan fingerprint density at radius 3 is 1.62 bits per heavy atom. The molecule has 0 aliphatic heterocycles. The highest BCUT2D eigenvalue weighted by molar-refractivity contribution is 6.74. The third kappa shape index (κ3) is 7.02. The smallest absolute Gasteiger partial charge is 0.407 e. The van der Waals surface area contributed by atoms with E-state index in [2.05, 4.69) is 73.0 Å². The Balaban J connectivity index is 3.34. The second-order valence-electron chi connectivity index (χ2n) is 13.2. The molecule has 32 heavy (non-hydrogen) atoms. The van der Waals surface area contributed by atoms with Crippen LogP contribution in [0.15, 0.2) is 0 Å². The van der Waals surface area contributed by atoms with Crippen LogP contribution in [0.5, 0.6) is 0 Å². The van der Waals surface area contributed by atoms with Crippen molar-refractivity contribution in [3.8, 4) is 0 Å². The molecule has 0 aromatic heterocycles. The zero-order valence-corrected chi connectivity index (χ0v) is 24.6. The summed E-state index contributed by atoms with van der Waals surface area (Å²) in [6, 6.07) is -0.518. The van der Waals surface area contributed by atoms with E-state index in [1.54, 1.807) is 20.8 Å². The maximum atomic E-state index is 12.6. The number of aliphatic hydroxyl groups is 2. The number of rotatable bonds is 7. The Morgan fingerprint density at radius 2 is 1.28 bits per heavy atom. The van der Waals surface area contributed by atoms with Crippen molar-refractivity contribution >= 4 is 22.7 Å². The molecule has 3 N–H and O–H groups in total. The van der Waals surface area contributed by atoms with Crippen molar-refractivity contribution in [2.45, 2.75) is 129 Å². The van der Waals surface area contributed by atoms with E-state index in [-0.39, 0.29) is 10.1 Å². The molecule has 0 spiro atoms. The lowest BCUT2D eigenvalue weighted by Gasteiger charge is -2.58. The molecule has 9 heteroatoms. The molecule has 0 aromatic rings. The molecule has 0 aromatic carbocycles. The van der Waals surface area contributed by atoms with Gasteiger partial charge in [0.05, 0.1) is 31.0 Å². The van der Waals surface area contributed by atoms with Crippen molar-refractivity contribution in [3.63, 3.8) is 0 Å². The normalized spacial score (nSPS) is 26.3. The first-order valence-corrected chi connectivity index (χ1v) is 17.5. The molecule has 0 saturated heterocycles. The van der Waals surface area contributed by atoms with Crippen LogP contribution in [-0.2, 0) is 13.6 Å². The second-order valence-corrected chi connectivity index (χ2v) is 22.7. The lowest BCUT2D eigenvalue weighted by Crippen LogP contribution is -2.75. The molecule has 0 unspecified atom stereocenters. The zero-order chi connectivity index (χ0) is 25.5. The highest BCUT2D eigenvalue weighted by Crippen LogP contribution is 2.47. The summed E-state index contributed by atoms with van der Waals surface area (Å²) < 4.78 is 19.0. The summed E-state index contributed by atoms with van der Waals surface area (Å²) in [5.41, 5.74) is -0.647. The SMILES string of the molecule is CC(C)(C)OC(=O)N[C@H]1[C@H](O[Si](C)(C)C(C)(C)C)[C@@H](O[Si](C)(C)C(C)(C)C)[C@H]1[C@H](O)CO. The van der Waals surface area contributed by atoms with Crippen LogP contribution in [0.3, 0.4) is 0 Å². The summed E-state index contributed by atoms with van der Waals surface area (Å²) in [5.74, 6) is -0.489. The second kappa shape index (κ2) is 9.66. The topological polar surface area (TPSA) is 97.3 Å². The molecule has 5 atom stereocenters. The first kappa shape index (κ1) is 29.6. The van der Waals surface area contributed by atoms with Crippen LogP contribution in [-0.4, -0.2) is 69.5 Å². The van der Waals surface area contributed by atoms with E-state index < -0.39 is 65.2 Å². The first-order valence-electron chi connectivity index (χ1n) is 11.7. The van der Waals surface area contributed by atoms with Crippen molar-refractivity contribution in [1.29, 1.82) is 0 Å². The highest BCUT2D eigenvalue weighted by atomic mass is 28.4. The average molecular weight is 492 g/mol. The quantitative estimate of drug-likeness (QED) is 0.449. The fraction of sp³-hybridized carbons (Fsp3) is 0.957. The van der Waals surface area contributed by atoms with Gasteiger partial charge in [-0.25, -0.2) is 4.79 Å². The number of nitrogens with one attached hydrogen (secondary N) is 1. The first-order chi connectivity index (χ1) is 14.0. The van der Waals surface area contributed by atoms with Gasteiger partial charge in [-0.2, -0.15) is 0 Å². The third-order valence-electron chi connectivity index (χ3n) is 7.26. The van der Waals surface area contributed by atoms with E-state index in [1.165, 1.54) is 0 Å². The van der Waals surface area contributed by atoms with Gasteiger partial charge in [0, 0.05) is 5.92 Å². The maximum Gasteiger partial charge on any atom is 0.407 e. The van der Waals surface area contributed by atoms with Crippen LogP contribution >= 0.6 is 0 Å². The van der Waals surface area contributed by atoms with Crippen molar-refractivity contribution in [1.82, 2.24) is 5.32 Å². The number of amides is 1. The Bertz CT molecular complexity index is 648. The summed E-state index contributed by atoms with van der Waals surface area (Å²) in [4.78, 5) is 12.6. The van der Waals surface area contributed by atoms with Crippen LogP contribution < -0.4 is 5.32 Å². The number of carbonyl (C=O) groups is 1. The van der Waals surface area contributed by atoms with E-state index >= 15 is 0 Å². The largest absolute Gasteiger partial charge is 0.444 e. The zero-order valence-electron chi connectivity index (χ0n) is 22.6. The van der Waals surface area contributed by atoms with Gasteiger partial charge < -0.3 is 29.1 Å². The van der Waals surface area contributed by atoms with Gasteiger partial charge in [0.2, 0.25) is 0 Å². The Hall–Kier alpha value is -0.456. The van der Waals surface area contributed by atoms with Gasteiger partial charge in [0.15, 0.2) is 16.6 Å². The Kier molecular flexibility index (Phi) is 8.92. The summed E-state index contributed by atoms with van der Waals surface area (Å²) in [7, 11) is -4.43. The predicted molar refractivity (Wildman–Crippen MR) is 134 cm³/mol.